The minimum Gasteiger partial charge on any atom is -0.462 e. The molecule has 0 fully saturated rings. The van der Waals surface area contributed by atoms with Crippen molar-refractivity contribution in [3.63, 3.8) is 0 Å². The van der Waals surface area contributed by atoms with Crippen LogP contribution in [0.25, 0.3) is 11.4 Å². The third-order valence-corrected chi connectivity index (χ3v) is 4.62. The van der Waals surface area contributed by atoms with Gasteiger partial charge < -0.3 is 4.74 Å². The van der Waals surface area contributed by atoms with E-state index >= 15 is 0 Å². The minimum absolute atomic E-state index is 0.0297. The summed E-state index contributed by atoms with van der Waals surface area (Å²) >= 11 is 0. The van der Waals surface area contributed by atoms with E-state index in [1.54, 1.807) is 0 Å². The number of ether oxygens (including phenoxy) is 1. The number of rotatable bonds is 9. The van der Waals surface area contributed by atoms with E-state index in [0.717, 1.165) is 31.2 Å². The van der Waals surface area contributed by atoms with E-state index in [4.69, 9.17) is 4.74 Å². The number of aromatic nitrogens is 3. The summed E-state index contributed by atoms with van der Waals surface area (Å²) in [5.41, 5.74) is 2.19. The van der Waals surface area contributed by atoms with Crippen LogP contribution in [0.2, 0.25) is 0 Å². The molecule has 0 atom stereocenters. The van der Waals surface area contributed by atoms with Gasteiger partial charge in [0.1, 0.15) is 0 Å². The third-order valence-electron chi connectivity index (χ3n) is 4.62. The summed E-state index contributed by atoms with van der Waals surface area (Å²) in [5.74, 6) is 0.892. The molecule has 0 aliphatic heterocycles. The van der Waals surface area contributed by atoms with E-state index in [1.807, 2.05) is 12.1 Å². The molecule has 2 aromatic rings. The summed E-state index contributed by atoms with van der Waals surface area (Å²) in [4.78, 5) is 17.3. The first-order valence-electron chi connectivity index (χ1n) is 10.5. The Bertz CT molecular complexity index is 755. The SMILES string of the molecule is CCCCCCC(=O)n1nc(OCC(C)C)nc1-c1ccc(C(C)(C)C)cc1. The molecule has 0 aliphatic rings. The monoisotopic (exact) mass is 385 g/mol. The molecule has 5 heteroatoms. The predicted octanol–water partition coefficient (Wildman–Crippen LogP) is 5.89. The van der Waals surface area contributed by atoms with Crippen LogP contribution in [0.3, 0.4) is 0 Å². The zero-order valence-corrected chi connectivity index (χ0v) is 18.3. The van der Waals surface area contributed by atoms with E-state index in [0.29, 0.717) is 24.8 Å². The highest BCUT2D eigenvalue weighted by atomic mass is 16.5. The maximum absolute atomic E-state index is 12.8. The summed E-state index contributed by atoms with van der Waals surface area (Å²) in [6.07, 6.45) is 4.70. The smallest absolute Gasteiger partial charge is 0.336 e. The van der Waals surface area contributed by atoms with Crippen LogP contribution in [0.5, 0.6) is 6.01 Å². The van der Waals surface area contributed by atoms with Gasteiger partial charge in [0.15, 0.2) is 5.82 Å². The van der Waals surface area contributed by atoms with Crippen LogP contribution in [0.4, 0.5) is 0 Å². The molecule has 154 valence electrons. The van der Waals surface area contributed by atoms with Crippen molar-refractivity contribution in [3.8, 4) is 17.4 Å². The van der Waals surface area contributed by atoms with Gasteiger partial charge in [-0.2, -0.15) is 9.67 Å². The third kappa shape index (κ3) is 6.18. The molecule has 0 N–H and O–H groups in total. The van der Waals surface area contributed by atoms with Crippen molar-refractivity contribution in [2.45, 2.75) is 79.1 Å². The molecule has 1 aromatic carbocycles. The quantitative estimate of drug-likeness (QED) is 0.505. The second-order valence-corrected chi connectivity index (χ2v) is 8.87. The van der Waals surface area contributed by atoms with Crippen LogP contribution < -0.4 is 4.74 Å². The summed E-state index contributed by atoms with van der Waals surface area (Å²) in [6, 6.07) is 8.48. The standard InChI is InChI=1S/C23H35N3O2/c1-7-8-9-10-11-20(27)26-21(24-22(25-26)28-16-17(2)3)18-12-14-19(15-13-18)23(4,5)6/h12-15,17H,7-11,16H2,1-6H3. The maximum atomic E-state index is 12.8. The van der Waals surface area contributed by atoms with E-state index in [1.165, 1.54) is 10.2 Å². The van der Waals surface area contributed by atoms with Gasteiger partial charge in [0, 0.05) is 12.0 Å². The summed E-state index contributed by atoms with van der Waals surface area (Å²) in [6.45, 7) is 13.4. The molecule has 0 bridgehead atoms. The molecule has 0 saturated carbocycles. The number of benzene rings is 1. The lowest BCUT2D eigenvalue weighted by molar-refractivity contribution is 0.0882. The fraction of sp³-hybridized carbons (Fsp3) is 0.609. The Hall–Kier alpha value is -2.17. The molecule has 1 aromatic heterocycles. The highest BCUT2D eigenvalue weighted by Crippen LogP contribution is 2.26. The highest BCUT2D eigenvalue weighted by Gasteiger charge is 2.20. The molecular formula is C23H35N3O2. The van der Waals surface area contributed by atoms with Crippen molar-refractivity contribution < 1.29 is 9.53 Å². The molecular weight excluding hydrogens is 350 g/mol. The molecule has 0 aliphatic carbocycles. The number of hydrogen-bond acceptors (Lipinski definition) is 4. The van der Waals surface area contributed by atoms with Gasteiger partial charge >= 0.3 is 6.01 Å². The molecule has 0 amide bonds. The second kappa shape index (κ2) is 9.85. The van der Waals surface area contributed by atoms with Crippen LogP contribution in [0.1, 0.15) is 84.0 Å². The second-order valence-electron chi connectivity index (χ2n) is 8.87. The number of carbonyl (C=O) groups is 1. The zero-order valence-electron chi connectivity index (χ0n) is 18.3. The molecule has 1 heterocycles. The summed E-state index contributed by atoms with van der Waals surface area (Å²) < 4.78 is 7.11. The molecule has 0 saturated heterocycles. The van der Waals surface area contributed by atoms with Crippen LogP contribution in [0.15, 0.2) is 24.3 Å². The molecule has 5 nitrogen and oxygen atoms in total. The Kier molecular flexibility index (Phi) is 7.78. The van der Waals surface area contributed by atoms with Gasteiger partial charge in [0.05, 0.1) is 6.61 Å². The van der Waals surface area contributed by atoms with Gasteiger partial charge in [-0.15, -0.1) is 5.10 Å². The van der Waals surface area contributed by atoms with Crippen LogP contribution in [-0.4, -0.2) is 27.3 Å². The highest BCUT2D eigenvalue weighted by molar-refractivity contribution is 5.82. The predicted molar refractivity (Wildman–Crippen MR) is 114 cm³/mol. The van der Waals surface area contributed by atoms with Crippen molar-refractivity contribution in [2.24, 2.45) is 5.92 Å². The lowest BCUT2D eigenvalue weighted by atomic mass is 9.87. The van der Waals surface area contributed by atoms with Gasteiger partial charge in [0.25, 0.3) is 0 Å². The Labute approximate surface area is 169 Å². The van der Waals surface area contributed by atoms with Gasteiger partial charge in [0.2, 0.25) is 5.91 Å². The van der Waals surface area contributed by atoms with Gasteiger partial charge in [-0.25, -0.2) is 0 Å². The lowest BCUT2D eigenvalue weighted by Gasteiger charge is -2.19. The Morgan fingerprint density at radius 3 is 2.36 bits per heavy atom. The first kappa shape index (κ1) is 22.1. The first-order valence-corrected chi connectivity index (χ1v) is 10.5. The van der Waals surface area contributed by atoms with Gasteiger partial charge in [-0.1, -0.05) is 85.1 Å². The normalized spacial score (nSPS) is 11.8. The number of carbonyl (C=O) groups excluding carboxylic acids is 1. The minimum atomic E-state index is -0.0297. The molecule has 0 spiro atoms. The lowest BCUT2D eigenvalue weighted by Crippen LogP contribution is -2.14. The van der Waals surface area contributed by atoms with E-state index in [2.05, 4.69) is 63.8 Å². The van der Waals surface area contributed by atoms with Crippen molar-refractivity contribution in [1.29, 1.82) is 0 Å². The van der Waals surface area contributed by atoms with E-state index < -0.39 is 0 Å². The Morgan fingerprint density at radius 1 is 1.11 bits per heavy atom. The molecule has 28 heavy (non-hydrogen) atoms. The van der Waals surface area contributed by atoms with Gasteiger partial charge in [-0.05, 0) is 23.3 Å². The van der Waals surface area contributed by atoms with Crippen molar-refractivity contribution >= 4 is 5.91 Å². The summed E-state index contributed by atoms with van der Waals surface area (Å²) in [5, 5.41) is 4.36. The zero-order chi connectivity index (χ0) is 20.7. The van der Waals surface area contributed by atoms with Crippen molar-refractivity contribution in [2.75, 3.05) is 6.61 Å². The average Bonchev–Trinajstić information content (AvgIpc) is 3.07. The fourth-order valence-corrected chi connectivity index (χ4v) is 2.88. The van der Waals surface area contributed by atoms with Crippen LogP contribution in [0, 0.1) is 5.92 Å². The first-order chi connectivity index (χ1) is 13.2. The van der Waals surface area contributed by atoms with Crippen LogP contribution in [-0.2, 0) is 5.41 Å². The Morgan fingerprint density at radius 2 is 1.79 bits per heavy atom. The maximum Gasteiger partial charge on any atom is 0.336 e. The van der Waals surface area contributed by atoms with E-state index in [-0.39, 0.29) is 17.3 Å². The topological polar surface area (TPSA) is 57.0 Å². The molecule has 0 radical (unpaired) electrons. The Balaban J connectivity index is 2.28. The van der Waals surface area contributed by atoms with Crippen molar-refractivity contribution in [1.82, 2.24) is 14.8 Å². The number of unbranched alkanes of at least 4 members (excludes halogenated alkanes) is 3. The molecule has 2 rings (SSSR count). The van der Waals surface area contributed by atoms with E-state index in [9.17, 15) is 4.79 Å². The van der Waals surface area contributed by atoms with Crippen LogP contribution >= 0.6 is 0 Å². The number of hydrogen-bond donors (Lipinski definition) is 0. The fourth-order valence-electron chi connectivity index (χ4n) is 2.88. The largest absolute Gasteiger partial charge is 0.462 e. The molecule has 0 unspecified atom stereocenters. The van der Waals surface area contributed by atoms with Crippen molar-refractivity contribution in [3.05, 3.63) is 29.8 Å². The number of nitrogens with zero attached hydrogens (tertiary/aromatic N) is 3. The summed E-state index contributed by atoms with van der Waals surface area (Å²) in [7, 11) is 0. The average molecular weight is 386 g/mol. The van der Waals surface area contributed by atoms with Gasteiger partial charge in [-0.3, -0.25) is 4.79 Å².